The second-order valence-corrected chi connectivity index (χ2v) is 4.29. The van der Waals surface area contributed by atoms with Crippen LogP contribution in [0, 0.1) is 5.92 Å². The molecule has 0 bridgehead atoms. The second-order valence-electron chi connectivity index (χ2n) is 4.29. The highest BCUT2D eigenvalue weighted by molar-refractivity contribution is 5.98. The zero-order chi connectivity index (χ0) is 11.4. The highest BCUT2D eigenvalue weighted by Gasteiger charge is 2.17. The Labute approximate surface area is 91.7 Å². The highest BCUT2D eigenvalue weighted by atomic mass is 16.1. The summed E-state index contributed by atoms with van der Waals surface area (Å²) in [6.45, 7) is 8.13. The topological polar surface area (TPSA) is 30.0 Å². The van der Waals surface area contributed by atoms with Crippen molar-refractivity contribution < 1.29 is 4.79 Å². The van der Waals surface area contributed by atoms with Crippen molar-refractivity contribution in [3.63, 3.8) is 0 Å². The summed E-state index contributed by atoms with van der Waals surface area (Å²) in [5, 5.41) is 0. The van der Waals surface area contributed by atoms with Crippen molar-refractivity contribution in [1.82, 2.24) is 4.98 Å². The van der Waals surface area contributed by atoms with E-state index in [9.17, 15) is 4.79 Å². The Morgan fingerprint density at radius 1 is 1.40 bits per heavy atom. The maximum atomic E-state index is 11.9. The third kappa shape index (κ3) is 2.65. The van der Waals surface area contributed by atoms with Gasteiger partial charge < -0.3 is 0 Å². The van der Waals surface area contributed by atoms with Gasteiger partial charge in [0, 0.05) is 23.9 Å². The van der Waals surface area contributed by atoms with E-state index < -0.39 is 0 Å². The van der Waals surface area contributed by atoms with Gasteiger partial charge in [-0.2, -0.15) is 0 Å². The average molecular weight is 205 g/mol. The molecule has 2 nitrogen and oxygen atoms in total. The van der Waals surface area contributed by atoms with Gasteiger partial charge in [-0.05, 0) is 24.0 Å². The predicted octanol–water partition coefficient (Wildman–Crippen LogP) is 3.43. The Hall–Kier alpha value is -1.18. The lowest BCUT2D eigenvalue weighted by Gasteiger charge is -2.14. The molecule has 0 saturated heterocycles. The van der Waals surface area contributed by atoms with Gasteiger partial charge in [0.05, 0.1) is 0 Å². The molecular weight excluding hydrogens is 186 g/mol. The van der Waals surface area contributed by atoms with Crippen molar-refractivity contribution in [2.75, 3.05) is 0 Å². The number of Topliss-reactive ketones (excluding diaryl/α,β-unsaturated/α-hetero) is 1. The van der Waals surface area contributed by atoms with E-state index >= 15 is 0 Å². The molecule has 15 heavy (non-hydrogen) atoms. The molecule has 0 radical (unpaired) electrons. The van der Waals surface area contributed by atoms with Crippen LogP contribution in [0.3, 0.4) is 0 Å². The van der Waals surface area contributed by atoms with Crippen molar-refractivity contribution in [1.29, 1.82) is 0 Å². The van der Waals surface area contributed by atoms with E-state index in [1.54, 1.807) is 12.4 Å². The van der Waals surface area contributed by atoms with Crippen LogP contribution >= 0.6 is 0 Å². The molecule has 0 amide bonds. The van der Waals surface area contributed by atoms with Crippen LogP contribution in [0.2, 0.25) is 0 Å². The molecule has 0 aliphatic carbocycles. The monoisotopic (exact) mass is 205 g/mol. The van der Waals surface area contributed by atoms with Gasteiger partial charge in [0.2, 0.25) is 0 Å². The Morgan fingerprint density at radius 2 is 2.07 bits per heavy atom. The number of ketones is 1. The van der Waals surface area contributed by atoms with Gasteiger partial charge in [-0.3, -0.25) is 9.78 Å². The maximum absolute atomic E-state index is 11.9. The molecular formula is C13H19NO. The third-order valence-electron chi connectivity index (χ3n) is 2.79. The zero-order valence-electron chi connectivity index (χ0n) is 9.95. The van der Waals surface area contributed by atoms with Crippen LogP contribution in [0.25, 0.3) is 0 Å². The normalized spacial score (nSPS) is 12.9. The van der Waals surface area contributed by atoms with E-state index in [0.717, 1.165) is 17.5 Å². The Balaban J connectivity index is 3.12. The van der Waals surface area contributed by atoms with Gasteiger partial charge in [0.25, 0.3) is 0 Å². The molecule has 2 heteroatoms. The van der Waals surface area contributed by atoms with Crippen LogP contribution in [0.15, 0.2) is 18.5 Å². The predicted molar refractivity (Wildman–Crippen MR) is 62.1 cm³/mol. The number of hydrogen-bond donors (Lipinski definition) is 0. The minimum Gasteiger partial charge on any atom is -0.294 e. The summed E-state index contributed by atoms with van der Waals surface area (Å²) >= 11 is 0. The molecule has 0 aliphatic heterocycles. The zero-order valence-corrected chi connectivity index (χ0v) is 9.95. The number of nitrogens with zero attached hydrogens (tertiary/aromatic N) is 1. The van der Waals surface area contributed by atoms with E-state index in [0.29, 0.717) is 5.92 Å². The first-order chi connectivity index (χ1) is 7.07. The van der Waals surface area contributed by atoms with Crippen LogP contribution in [-0.2, 0) is 0 Å². The Morgan fingerprint density at radius 3 is 2.60 bits per heavy atom. The van der Waals surface area contributed by atoms with Gasteiger partial charge in [-0.15, -0.1) is 0 Å². The van der Waals surface area contributed by atoms with Gasteiger partial charge in [-0.25, -0.2) is 0 Å². The number of carbonyl (C=O) groups is 1. The first kappa shape index (κ1) is 11.9. The average Bonchev–Trinajstić information content (AvgIpc) is 2.27. The van der Waals surface area contributed by atoms with Crippen molar-refractivity contribution in [2.24, 2.45) is 5.92 Å². The summed E-state index contributed by atoms with van der Waals surface area (Å²) in [5.74, 6) is 0.654. The number of carbonyl (C=O) groups excluding carboxylic acids is 1. The van der Waals surface area contributed by atoms with Crippen molar-refractivity contribution in [3.05, 3.63) is 29.6 Å². The molecule has 1 atom stereocenters. The Kier molecular flexibility index (Phi) is 4.01. The first-order valence-corrected chi connectivity index (χ1v) is 5.56. The van der Waals surface area contributed by atoms with Gasteiger partial charge in [0.1, 0.15) is 0 Å². The van der Waals surface area contributed by atoms with Crippen LogP contribution in [0.5, 0.6) is 0 Å². The minimum atomic E-state index is 0.0389. The molecule has 1 rings (SSSR count). The molecule has 82 valence electrons. The third-order valence-corrected chi connectivity index (χ3v) is 2.79. The fraction of sp³-hybridized carbons (Fsp3) is 0.538. The number of pyridine rings is 1. The lowest BCUT2D eigenvalue weighted by atomic mass is 9.90. The quantitative estimate of drug-likeness (QED) is 0.705. The van der Waals surface area contributed by atoms with Crippen molar-refractivity contribution >= 4 is 5.78 Å². The summed E-state index contributed by atoms with van der Waals surface area (Å²) < 4.78 is 0. The van der Waals surface area contributed by atoms with Crippen LogP contribution in [0.4, 0.5) is 0 Å². The molecule has 0 aliphatic rings. The molecule has 1 aromatic heterocycles. The first-order valence-electron chi connectivity index (χ1n) is 5.56. The van der Waals surface area contributed by atoms with E-state index in [4.69, 9.17) is 0 Å². The van der Waals surface area contributed by atoms with Gasteiger partial charge in [-0.1, -0.05) is 27.7 Å². The van der Waals surface area contributed by atoms with E-state index in [1.807, 2.05) is 19.9 Å². The van der Waals surface area contributed by atoms with Crippen molar-refractivity contribution in [2.45, 2.75) is 40.0 Å². The SMILES string of the molecule is CCC(C)c1ccncc1C(=O)C(C)C. The van der Waals surface area contributed by atoms with E-state index in [-0.39, 0.29) is 11.7 Å². The van der Waals surface area contributed by atoms with Crippen LogP contribution < -0.4 is 0 Å². The van der Waals surface area contributed by atoms with E-state index in [1.165, 1.54) is 0 Å². The molecule has 0 saturated carbocycles. The standard InChI is InChI=1S/C13H19NO/c1-5-10(4)11-6-7-14-8-12(11)13(15)9(2)3/h6-10H,5H2,1-4H3. The molecule has 1 aromatic rings. The largest absolute Gasteiger partial charge is 0.294 e. The van der Waals surface area contributed by atoms with Crippen LogP contribution in [-0.4, -0.2) is 10.8 Å². The maximum Gasteiger partial charge on any atom is 0.167 e. The fourth-order valence-corrected chi connectivity index (χ4v) is 1.57. The molecule has 0 N–H and O–H groups in total. The molecule has 0 spiro atoms. The summed E-state index contributed by atoms with van der Waals surface area (Å²) in [6.07, 6.45) is 4.50. The smallest absolute Gasteiger partial charge is 0.167 e. The molecule has 1 heterocycles. The molecule has 0 fully saturated rings. The summed E-state index contributed by atoms with van der Waals surface area (Å²) in [6, 6.07) is 1.96. The molecule has 1 unspecified atom stereocenters. The van der Waals surface area contributed by atoms with Crippen LogP contribution in [0.1, 0.15) is 56.0 Å². The van der Waals surface area contributed by atoms with Crippen molar-refractivity contribution in [3.8, 4) is 0 Å². The van der Waals surface area contributed by atoms with Gasteiger partial charge in [0.15, 0.2) is 5.78 Å². The summed E-state index contributed by atoms with van der Waals surface area (Å²) in [4.78, 5) is 16.0. The summed E-state index contributed by atoms with van der Waals surface area (Å²) in [7, 11) is 0. The lowest BCUT2D eigenvalue weighted by Crippen LogP contribution is -2.12. The van der Waals surface area contributed by atoms with E-state index in [2.05, 4.69) is 18.8 Å². The van der Waals surface area contributed by atoms with Gasteiger partial charge >= 0.3 is 0 Å². The number of rotatable bonds is 4. The summed E-state index contributed by atoms with van der Waals surface area (Å²) in [5.41, 5.74) is 1.92. The fourth-order valence-electron chi connectivity index (χ4n) is 1.57. The lowest BCUT2D eigenvalue weighted by molar-refractivity contribution is 0.0937. The Bertz CT molecular complexity index is 344. The number of hydrogen-bond acceptors (Lipinski definition) is 2. The second kappa shape index (κ2) is 5.06. The number of aromatic nitrogens is 1. The highest BCUT2D eigenvalue weighted by Crippen LogP contribution is 2.23. The minimum absolute atomic E-state index is 0.0389. The molecule has 0 aromatic carbocycles.